The molecule has 1 N–H and O–H groups in total. The minimum absolute atomic E-state index is 0.0112. The molecule has 3 nitrogen and oxygen atoms in total. The first-order chi connectivity index (χ1) is 8.69. The number of ketones is 1. The molecule has 0 aromatic heterocycles. The lowest BCUT2D eigenvalue weighted by atomic mass is 10.0. The van der Waals surface area contributed by atoms with E-state index in [1.807, 2.05) is 0 Å². The van der Waals surface area contributed by atoms with E-state index in [0.717, 1.165) is 12.8 Å². The average molecular weight is 250 g/mol. The molecule has 0 atom stereocenters. The van der Waals surface area contributed by atoms with Gasteiger partial charge >= 0.3 is 0 Å². The van der Waals surface area contributed by atoms with Gasteiger partial charge in [-0.05, 0) is 24.6 Å². The molecule has 100 valence electrons. The Hall–Kier alpha value is -1.51. The molecule has 1 aromatic rings. The summed E-state index contributed by atoms with van der Waals surface area (Å²) >= 11 is 0. The molecular formula is C15H22O3. The van der Waals surface area contributed by atoms with Crippen LogP contribution < -0.4 is 4.74 Å². The second-order valence-electron chi connectivity index (χ2n) is 4.47. The van der Waals surface area contributed by atoms with E-state index in [2.05, 4.69) is 6.92 Å². The van der Waals surface area contributed by atoms with Gasteiger partial charge in [0.2, 0.25) is 0 Å². The van der Waals surface area contributed by atoms with Gasteiger partial charge in [-0.1, -0.05) is 32.6 Å². The Labute approximate surface area is 109 Å². The Morgan fingerprint density at radius 2 is 1.94 bits per heavy atom. The van der Waals surface area contributed by atoms with Crippen molar-refractivity contribution in [1.82, 2.24) is 0 Å². The van der Waals surface area contributed by atoms with Gasteiger partial charge in [0, 0.05) is 6.42 Å². The summed E-state index contributed by atoms with van der Waals surface area (Å²) < 4.78 is 5.05. The fraction of sp³-hybridized carbons (Fsp3) is 0.533. The van der Waals surface area contributed by atoms with Crippen LogP contribution in [0.4, 0.5) is 0 Å². The van der Waals surface area contributed by atoms with Crippen LogP contribution in [-0.2, 0) is 0 Å². The van der Waals surface area contributed by atoms with Crippen LogP contribution in [0.3, 0.4) is 0 Å². The average Bonchev–Trinajstić information content (AvgIpc) is 2.39. The third kappa shape index (κ3) is 4.40. The number of hydrogen-bond donors (Lipinski definition) is 1. The van der Waals surface area contributed by atoms with E-state index in [1.54, 1.807) is 19.2 Å². The fourth-order valence-electron chi connectivity index (χ4n) is 1.89. The lowest BCUT2D eigenvalue weighted by molar-refractivity contribution is 0.0976. The molecule has 0 aliphatic rings. The van der Waals surface area contributed by atoms with E-state index in [9.17, 15) is 9.90 Å². The van der Waals surface area contributed by atoms with Crippen molar-refractivity contribution in [2.45, 2.75) is 45.4 Å². The van der Waals surface area contributed by atoms with Gasteiger partial charge in [0.1, 0.15) is 11.5 Å². The maximum atomic E-state index is 12.0. The van der Waals surface area contributed by atoms with Crippen LogP contribution >= 0.6 is 0 Å². The highest BCUT2D eigenvalue weighted by Crippen LogP contribution is 2.24. The topological polar surface area (TPSA) is 46.5 Å². The van der Waals surface area contributed by atoms with Crippen LogP contribution in [-0.4, -0.2) is 18.0 Å². The molecule has 0 bridgehead atoms. The zero-order chi connectivity index (χ0) is 13.4. The highest BCUT2D eigenvalue weighted by molar-refractivity contribution is 5.98. The molecule has 0 unspecified atom stereocenters. The zero-order valence-electron chi connectivity index (χ0n) is 11.2. The number of methoxy groups -OCH3 is 1. The monoisotopic (exact) mass is 250 g/mol. The van der Waals surface area contributed by atoms with Crippen molar-refractivity contribution >= 4 is 5.78 Å². The molecule has 0 aliphatic heterocycles. The molecule has 0 saturated heterocycles. The molecule has 0 aliphatic carbocycles. The van der Waals surface area contributed by atoms with Crippen molar-refractivity contribution in [2.75, 3.05) is 7.11 Å². The maximum absolute atomic E-state index is 12.0. The molecule has 0 spiro atoms. The zero-order valence-corrected chi connectivity index (χ0v) is 11.2. The van der Waals surface area contributed by atoms with Crippen LogP contribution in [0.25, 0.3) is 0 Å². The van der Waals surface area contributed by atoms with Crippen molar-refractivity contribution in [3.63, 3.8) is 0 Å². The van der Waals surface area contributed by atoms with Gasteiger partial charge < -0.3 is 9.84 Å². The summed E-state index contributed by atoms with van der Waals surface area (Å²) in [6, 6.07) is 4.75. The second-order valence-corrected chi connectivity index (χ2v) is 4.47. The highest BCUT2D eigenvalue weighted by Gasteiger charge is 2.11. The smallest absolute Gasteiger partial charge is 0.166 e. The fourth-order valence-corrected chi connectivity index (χ4v) is 1.89. The van der Waals surface area contributed by atoms with Gasteiger partial charge in [-0.25, -0.2) is 0 Å². The summed E-state index contributed by atoms with van der Waals surface area (Å²) in [5.74, 6) is 0.624. The lowest BCUT2D eigenvalue weighted by Crippen LogP contribution is -2.00. The van der Waals surface area contributed by atoms with Crippen molar-refractivity contribution in [3.05, 3.63) is 23.8 Å². The van der Waals surface area contributed by atoms with Gasteiger partial charge in [0.15, 0.2) is 5.78 Å². The summed E-state index contributed by atoms with van der Waals surface area (Å²) in [5.41, 5.74) is 0.366. The predicted octanol–water partition coefficient (Wildman–Crippen LogP) is 3.94. The molecule has 18 heavy (non-hydrogen) atoms. The number of Topliss-reactive ketones (excluding diaryl/α,β-unsaturated/α-hetero) is 1. The van der Waals surface area contributed by atoms with Crippen LogP contribution in [0, 0.1) is 0 Å². The van der Waals surface area contributed by atoms with Crippen LogP contribution in [0.15, 0.2) is 18.2 Å². The summed E-state index contributed by atoms with van der Waals surface area (Å²) in [4.78, 5) is 12.0. The molecule has 0 saturated carbocycles. The number of rotatable bonds is 8. The molecular weight excluding hydrogens is 228 g/mol. The van der Waals surface area contributed by atoms with Crippen molar-refractivity contribution in [2.24, 2.45) is 0 Å². The number of aromatic hydroxyl groups is 1. The number of benzene rings is 1. The molecule has 1 aromatic carbocycles. The molecule has 0 fully saturated rings. The first-order valence-corrected chi connectivity index (χ1v) is 6.59. The highest BCUT2D eigenvalue weighted by atomic mass is 16.5. The summed E-state index contributed by atoms with van der Waals surface area (Å²) in [6.07, 6.45) is 6.04. The summed E-state index contributed by atoms with van der Waals surface area (Å²) in [7, 11) is 1.55. The van der Waals surface area contributed by atoms with E-state index < -0.39 is 0 Å². The quantitative estimate of drug-likeness (QED) is 0.561. The Morgan fingerprint density at radius 3 is 2.61 bits per heavy atom. The van der Waals surface area contributed by atoms with E-state index in [1.165, 1.54) is 25.3 Å². The SMILES string of the molecule is CCCCCCCC(=O)c1cc(OC)ccc1O. The third-order valence-corrected chi connectivity index (χ3v) is 3.01. The first kappa shape index (κ1) is 14.6. The number of ether oxygens (including phenoxy) is 1. The van der Waals surface area contributed by atoms with E-state index in [0.29, 0.717) is 17.7 Å². The van der Waals surface area contributed by atoms with Gasteiger partial charge in [-0.15, -0.1) is 0 Å². The number of unbranched alkanes of at least 4 members (excludes halogenated alkanes) is 4. The van der Waals surface area contributed by atoms with Crippen LogP contribution in [0.2, 0.25) is 0 Å². The number of hydrogen-bond acceptors (Lipinski definition) is 3. The third-order valence-electron chi connectivity index (χ3n) is 3.01. The van der Waals surface area contributed by atoms with Crippen LogP contribution in [0.1, 0.15) is 55.8 Å². The lowest BCUT2D eigenvalue weighted by Gasteiger charge is -2.06. The minimum atomic E-state index is -0.0112. The van der Waals surface area contributed by atoms with E-state index in [-0.39, 0.29) is 11.5 Å². The van der Waals surface area contributed by atoms with Gasteiger partial charge in [-0.2, -0.15) is 0 Å². The first-order valence-electron chi connectivity index (χ1n) is 6.59. The second kappa shape index (κ2) is 7.75. The largest absolute Gasteiger partial charge is 0.507 e. The van der Waals surface area contributed by atoms with E-state index in [4.69, 9.17) is 4.74 Å². The van der Waals surface area contributed by atoms with Gasteiger partial charge in [0.25, 0.3) is 0 Å². The Balaban J connectivity index is 2.50. The van der Waals surface area contributed by atoms with Gasteiger partial charge in [-0.3, -0.25) is 4.79 Å². The summed E-state index contributed by atoms with van der Waals surface area (Å²) in [6.45, 7) is 2.17. The Morgan fingerprint density at radius 1 is 1.22 bits per heavy atom. The molecule has 3 heteroatoms. The summed E-state index contributed by atoms with van der Waals surface area (Å²) in [5, 5.41) is 9.67. The number of phenolic OH excluding ortho intramolecular Hbond substituents is 1. The Kier molecular flexibility index (Phi) is 6.26. The molecule has 0 amide bonds. The predicted molar refractivity (Wildman–Crippen MR) is 72.4 cm³/mol. The standard InChI is InChI=1S/C15H22O3/c1-3-4-5-6-7-8-14(16)13-11-12(18-2)9-10-15(13)17/h9-11,17H,3-8H2,1-2H3. The maximum Gasteiger partial charge on any atom is 0.166 e. The minimum Gasteiger partial charge on any atom is -0.507 e. The van der Waals surface area contributed by atoms with Crippen molar-refractivity contribution in [1.29, 1.82) is 0 Å². The van der Waals surface area contributed by atoms with Gasteiger partial charge in [0.05, 0.1) is 12.7 Å². The van der Waals surface area contributed by atoms with Crippen molar-refractivity contribution in [3.8, 4) is 11.5 Å². The van der Waals surface area contributed by atoms with E-state index >= 15 is 0 Å². The molecule has 1 rings (SSSR count). The number of phenols is 1. The number of carbonyl (C=O) groups excluding carboxylic acids is 1. The van der Waals surface area contributed by atoms with Crippen molar-refractivity contribution < 1.29 is 14.6 Å². The van der Waals surface area contributed by atoms with Crippen LogP contribution in [0.5, 0.6) is 11.5 Å². The molecule has 0 heterocycles. The molecule has 0 radical (unpaired) electrons. The normalized spacial score (nSPS) is 10.3. The number of carbonyl (C=O) groups is 1. The Bertz CT molecular complexity index is 385.